The minimum absolute atomic E-state index is 0.0765. The van der Waals surface area contributed by atoms with Crippen LogP contribution >= 0.6 is 11.8 Å². The molecule has 0 radical (unpaired) electrons. The van der Waals surface area contributed by atoms with Crippen molar-refractivity contribution in [3.8, 4) is 0 Å². The van der Waals surface area contributed by atoms with Crippen LogP contribution in [0.25, 0.3) is 0 Å². The first-order valence-corrected chi connectivity index (χ1v) is 13.7. The molecular formula is C23H30N2O9S2. The molecule has 2 aliphatic rings. The second-order valence-corrected chi connectivity index (χ2v) is 13.5. The van der Waals surface area contributed by atoms with Crippen molar-refractivity contribution in [2.45, 2.75) is 63.4 Å². The van der Waals surface area contributed by atoms with Crippen molar-refractivity contribution in [2.75, 3.05) is 12.5 Å². The van der Waals surface area contributed by atoms with Crippen molar-refractivity contribution in [3.63, 3.8) is 0 Å². The number of β-lactam (4-membered cyclic amide) rings is 1. The number of hydrogen-bond donors (Lipinski definition) is 1. The number of esters is 3. The summed E-state index contributed by atoms with van der Waals surface area (Å²) < 4.78 is 41.5. The minimum Gasteiger partial charge on any atom is -0.460 e. The number of thioether (sulfide) groups is 1. The highest BCUT2D eigenvalue weighted by atomic mass is 32.2. The van der Waals surface area contributed by atoms with Crippen molar-refractivity contribution in [2.24, 2.45) is 5.41 Å². The van der Waals surface area contributed by atoms with Crippen LogP contribution in [0.15, 0.2) is 30.3 Å². The fraction of sp³-hybridized carbons (Fsp3) is 0.565. The van der Waals surface area contributed by atoms with E-state index in [4.69, 9.17) is 14.2 Å². The molecule has 0 saturated carbocycles. The lowest BCUT2D eigenvalue weighted by atomic mass is 9.96. The van der Waals surface area contributed by atoms with Crippen molar-refractivity contribution >= 4 is 45.6 Å². The maximum atomic E-state index is 12.8. The average Bonchev–Trinajstić information content (AvgIpc) is 3.03. The summed E-state index contributed by atoms with van der Waals surface area (Å²) in [5, 5.41) is -0.669. The Hall–Kier alpha value is -2.64. The van der Waals surface area contributed by atoms with Gasteiger partial charge in [-0.05, 0) is 40.2 Å². The molecule has 3 atom stereocenters. The van der Waals surface area contributed by atoms with Gasteiger partial charge in [0.05, 0.1) is 5.41 Å². The van der Waals surface area contributed by atoms with Gasteiger partial charge < -0.3 is 19.1 Å². The maximum absolute atomic E-state index is 12.8. The molecule has 2 aliphatic heterocycles. The molecule has 0 unspecified atom stereocenters. The predicted octanol–water partition coefficient (Wildman–Crippen LogP) is 1.17. The predicted molar refractivity (Wildman–Crippen MR) is 130 cm³/mol. The van der Waals surface area contributed by atoms with Crippen molar-refractivity contribution < 1.29 is 41.8 Å². The van der Waals surface area contributed by atoms with Gasteiger partial charge in [0.2, 0.25) is 22.7 Å². The molecule has 2 heterocycles. The molecule has 1 amide bonds. The molecule has 1 aromatic carbocycles. The number of ether oxygens (including phenoxy) is 3. The molecule has 1 aromatic rings. The van der Waals surface area contributed by atoms with E-state index < -0.39 is 74.0 Å². The highest BCUT2D eigenvalue weighted by Crippen LogP contribution is 2.51. The van der Waals surface area contributed by atoms with E-state index >= 15 is 0 Å². The Balaban J connectivity index is 1.55. The number of nitrogens with one attached hydrogen (secondary N) is 1. The van der Waals surface area contributed by atoms with Crippen LogP contribution < -0.4 is 4.72 Å². The Morgan fingerprint density at radius 3 is 2.33 bits per heavy atom. The average molecular weight is 543 g/mol. The highest BCUT2D eigenvalue weighted by Gasteiger charge is 2.64. The zero-order valence-electron chi connectivity index (χ0n) is 20.7. The van der Waals surface area contributed by atoms with Crippen LogP contribution in [0.2, 0.25) is 0 Å². The summed E-state index contributed by atoms with van der Waals surface area (Å²) in [5.74, 6) is -3.84. The van der Waals surface area contributed by atoms with E-state index in [1.165, 1.54) is 16.7 Å². The largest absolute Gasteiger partial charge is 0.460 e. The molecule has 3 rings (SSSR count). The third-order valence-electron chi connectivity index (χ3n) is 5.52. The van der Waals surface area contributed by atoms with E-state index in [0.717, 1.165) is 0 Å². The SMILES string of the molecule is CC(C)(C)C(=O)OCOC(=O)[C@@H]1N2C(=O)[C@@H](NS(=O)(=O)CC(=O)OCc3ccccc3)[C@H]2SC1(C)C. The second-order valence-electron chi connectivity index (χ2n) is 10.0. The van der Waals surface area contributed by atoms with Gasteiger partial charge in [0.25, 0.3) is 0 Å². The van der Waals surface area contributed by atoms with Gasteiger partial charge in [0.15, 0.2) is 5.75 Å². The summed E-state index contributed by atoms with van der Waals surface area (Å²) >= 11 is 1.23. The normalized spacial score (nSPS) is 22.9. The zero-order valence-corrected chi connectivity index (χ0v) is 22.3. The number of benzene rings is 1. The fourth-order valence-electron chi connectivity index (χ4n) is 3.71. The van der Waals surface area contributed by atoms with Gasteiger partial charge in [-0.2, -0.15) is 4.72 Å². The van der Waals surface area contributed by atoms with Gasteiger partial charge in [-0.3, -0.25) is 14.4 Å². The number of carbonyl (C=O) groups is 4. The smallest absolute Gasteiger partial charge is 0.333 e. The standard InChI is InChI=1S/C23H30N2O9S2/c1-22(2,3)21(29)34-13-33-20(28)17-23(4,5)35-19-16(18(27)25(17)19)24-36(30,31)12-15(26)32-11-14-9-7-6-8-10-14/h6-10,16-17,19,24H,11-13H2,1-5H3/t16-,17+,19-/m1/s1. The number of fused-ring (bicyclic) bond motifs is 1. The number of amides is 1. The fourth-order valence-corrected chi connectivity index (χ4v) is 6.51. The number of rotatable bonds is 9. The van der Waals surface area contributed by atoms with E-state index in [1.54, 1.807) is 65.0 Å². The summed E-state index contributed by atoms with van der Waals surface area (Å²) in [6, 6.07) is 6.64. The van der Waals surface area contributed by atoms with Crippen LogP contribution in [0.1, 0.15) is 40.2 Å². The Morgan fingerprint density at radius 2 is 1.72 bits per heavy atom. The van der Waals surface area contributed by atoms with Crippen LogP contribution in [0, 0.1) is 5.41 Å². The van der Waals surface area contributed by atoms with Gasteiger partial charge in [0, 0.05) is 4.75 Å². The quantitative estimate of drug-likeness (QED) is 0.274. The van der Waals surface area contributed by atoms with Crippen LogP contribution in [0.3, 0.4) is 0 Å². The Labute approximate surface area is 214 Å². The van der Waals surface area contributed by atoms with Crippen LogP contribution in [0.4, 0.5) is 0 Å². The Morgan fingerprint density at radius 1 is 1.08 bits per heavy atom. The third-order valence-corrected chi connectivity index (χ3v) is 8.33. The topological polar surface area (TPSA) is 145 Å². The third kappa shape index (κ3) is 6.37. The molecule has 2 saturated heterocycles. The number of sulfonamides is 1. The van der Waals surface area contributed by atoms with Gasteiger partial charge in [-0.25, -0.2) is 13.2 Å². The van der Waals surface area contributed by atoms with E-state index in [2.05, 4.69) is 4.72 Å². The van der Waals surface area contributed by atoms with Gasteiger partial charge >= 0.3 is 17.9 Å². The lowest BCUT2D eigenvalue weighted by Crippen LogP contribution is -2.70. The van der Waals surface area contributed by atoms with Crippen LogP contribution in [0.5, 0.6) is 0 Å². The maximum Gasteiger partial charge on any atom is 0.333 e. The zero-order chi connectivity index (χ0) is 26.9. The molecule has 0 aromatic heterocycles. The molecular weight excluding hydrogens is 512 g/mol. The monoisotopic (exact) mass is 542 g/mol. The van der Waals surface area contributed by atoms with Gasteiger partial charge in [-0.1, -0.05) is 30.3 Å². The van der Waals surface area contributed by atoms with E-state index in [-0.39, 0.29) is 6.61 Å². The first-order valence-electron chi connectivity index (χ1n) is 11.2. The van der Waals surface area contributed by atoms with E-state index in [9.17, 15) is 27.6 Å². The lowest BCUT2D eigenvalue weighted by Gasteiger charge is -2.43. The molecule has 198 valence electrons. The molecule has 1 N–H and O–H groups in total. The molecule has 13 heteroatoms. The van der Waals surface area contributed by atoms with E-state index in [1.807, 2.05) is 0 Å². The summed E-state index contributed by atoms with van der Waals surface area (Å²) in [5.41, 5.74) is -0.0668. The number of nitrogens with zero attached hydrogens (tertiary/aromatic N) is 1. The molecule has 2 fully saturated rings. The van der Waals surface area contributed by atoms with Crippen LogP contribution in [-0.2, 0) is 50.0 Å². The number of carbonyl (C=O) groups excluding carboxylic acids is 4. The highest BCUT2D eigenvalue weighted by molar-refractivity contribution is 8.01. The molecule has 11 nitrogen and oxygen atoms in total. The second kappa shape index (κ2) is 10.4. The summed E-state index contributed by atoms with van der Waals surface area (Å²) in [6.07, 6.45) is 0. The lowest BCUT2D eigenvalue weighted by molar-refractivity contribution is -0.180. The Bertz CT molecular complexity index is 1130. The first kappa shape index (κ1) is 27.9. The van der Waals surface area contributed by atoms with Gasteiger partial charge in [0.1, 0.15) is 24.1 Å². The summed E-state index contributed by atoms with van der Waals surface area (Å²) in [6.45, 7) is 7.74. The van der Waals surface area contributed by atoms with Crippen molar-refractivity contribution in [1.82, 2.24) is 9.62 Å². The molecule has 0 aliphatic carbocycles. The minimum atomic E-state index is -4.19. The molecule has 0 spiro atoms. The Kier molecular flexibility index (Phi) is 8.06. The first-order chi connectivity index (χ1) is 16.6. The van der Waals surface area contributed by atoms with E-state index in [0.29, 0.717) is 5.56 Å². The van der Waals surface area contributed by atoms with Gasteiger partial charge in [-0.15, -0.1) is 11.8 Å². The van der Waals surface area contributed by atoms with Crippen molar-refractivity contribution in [3.05, 3.63) is 35.9 Å². The molecule has 0 bridgehead atoms. The molecule has 36 heavy (non-hydrogen) atoms. The van der Waals surface area contributed by atoms with Crippen LogP contribution in [-0.4, -0.2) is 71.9 Å². The summed E-state index contributed by atoms with van der Waals surface area (Å²) in [4.78, 5) is 50.7. The van der Waals surface area contributed by atoms with Crippen molar-refractivity contribution in [1.29, 1.82) is 0 Å². The number of hydrogen-bond acceptors (Lipinski definition) is 10. The summed E-state index contributed by atoms with van der Waals surface area (Å²) in [7, 11) is -4.19.